The molecule has 1 saturated heterocycles. The lowest BCUT2D eigenvalue weighted by molar-refractivity contribution is 0.139. The maximum Gasteiger partial charge on any atom is 0.407 e. The fourth-order valence-electron chi connectivity index (χ4n) is 2.61. The minimum atomic E-state index is -0.904. The first-order valence-electron chi connectivity index (χ1n) is 6.28. The van der Waals surface area contributed by atoms with Crippen LogP contribution in [0.25, 0.3) is 11.0 Å². The molecule has 1 aromatic carbocycles. The van der Waals surface area contributed by atoms with Crippen LogP contribution in [-0.2, 0) is 6.61 Å². The molecular formula is C13H15N3O3. The second-order valence-electron chi connectivity index (χ2n) is 4.77. The number of rotatable bonds is 2. The van der Waals surface area contributed by atoms with E-state index >= 15 is 0 Å². The van der Waals surface area contributed by atoms with E-state index in [4.69, 9.17) is 10.2 Å². The zero-order valence-electron chi connectivity index (χ0n) is 10.3. The van der Waals surface area contributed by atoms with Crippen molar-refractivity contribution in [3.05, 3.63) is 29.6 Å². The lowest BCUT2D eigenvalue weighted by atomic mass is 10.2. The summed E-state index contributed by atoms with van der Waals surface area (Å²) in [5, 5.41) is 18.3. The maximum absolute atomic E-state index is 11.2. The Balaban J connectivity index is 1.98. The third-order valence-electron chi connectivity index (χ3n) is 3.56. The average Bonchev–Trinajstić information content (AvgIpc) is 3.03. The third kappa shape index (κ3) is 2.04. The molecule has 6 heteroatoms. The maximum atomic E-state index is 11.2. The topological polar surface area (TPSA) is 89.4 Å². The monoisotopic (exact) mass is 261 g/mol. The summed E-state index contributed by atoms with van der Waals surface area (Å²) in [5.41, 5.74) is 2.44. The Morgan fingerprint density at radius 2 is 2.37 bits per heavy atom. The van der Waals surface area contributed by atoms with Gasteiger partial charge in [-0.15, -0.1) is 0 Å². The van der Waals surface area contributed by atoms with Gasteiger partial charge in [0.2, 0.25) is 0 Å². The highest BCUT2D eigenvalue weighted by molar-refractivity contribution is 5.76. The van der Waals surface area contributed by atoms with Crippen LogP contribution in [0.15, 0.2) is 18.2 Å². The van der Waals surface area contributed by atoms with Gasteiger partial charge in [-0.25, -0.2) is 9.78 Å². The zero-order chi connectivity index (χ0) is 13.4. The highest BCUT2D eigenvalue weighted by atomic mass is 16.4. The molecule has 3 rings (SSSR count). The van der Waals surface area contributed by atoms with Gasteiger partial charge in [-0.1, -0.05) is 6.07 Å². The fourth-order valence-corrected chi connectivity index (χ4v) is 2.61. The predicted molar refractivity (Wildman–Crippen MR) is 68.7 cm³/mol. The Morgan fingerprint density at radius 1 is 1.53 bits per heavy atom. The number of aliphatic hydroxyl groups is 1. The summed E-state index contributed by atoms with van der Waals surface area (Å²) in [6, 6.07) is 5.30. The molecule has 2 heterocycles. The number of aromatic nitrogens is 2. The number of nitrogens with zero attached hydrogens (tertiary/aromatic N) is 2. The van der Waals surface area contributed by atoms with E-state index in [9.17, 15) is 4.79 Å². The smallest absolute Gasteiger partial charge is 0.407 e. The van der Waals surface area contributed by atoms with E-state index < -0.39 is 6.09 Å². The number of nitrogens with one attached hydrogen (secondary N) is 1. The molecular weight excluding hydrogens is 246 g/mol. The Bertz CT molecular complexity index is 623. The van der Waals surface area contributed by atoms with Crippen molar-refractivity contribution in [2.75, 3.05) is 6.54 Å². The Kier molecular flexibility index (Phi) is 2.87. The summed E-state index contributed by atoms with van der Waals surface area (Å²) < 4.78 is 0. The first kappa shape index (κ1) is 12.0. The van der Waals surface area contributed by atoms with Gasteiger partial charge in [0.15, 0.2) is 0 Å². The minimum absolute atomic E-state index is 0.0189. The fraction of sp³-hybridized carbons (Fsp3) is 0.385. The Morgan fingerprint density at radius 3 is 3.11 bits per heavy atom. The number of fused-ring (bicyclic) bond motifs is 1. The largest absolute Gasteiger partial charge is 0.465 e. The standard InChI is InChI=1S/C13H15N3O3/c17-7-8-3-4-9-10(6-8)15-12(14-9)11-2-1-5-16(11)13(18)19/h3-4,6,11,17H,1-2,5,7H2,(H,14,15)(H,18,19). The summed E-state index contributed by atoms with van der Waals surface area (Å²) in [6.45, 7) is 0.536. The Hall–Kier alpha value is -2.08. The van der Waals surface area contributed by atoms with E-state index in [-0.39, 0.29) is 12.6 Å². The van der Waals surface area contributed by atoms with Gasteiger partial charge in [-0.3, -0.25) is 4.90 Å². The van der Waals surface area contributed by atoms with Crippen LogP contribution in [0.4, 0.5) is 4.79 Å². The molecule has 6 nitrogen and oxygen atoms in total. The van der Waals surface area contributed by atoms with Gasteiger partial charge in [0, 0.05) is 6.54 Å². The van der Waals surface area contributed by atoms with Gasteiger partial charge in [0.25, 0.3) is 0 Å². The molecule has 19 heavy (non-hydrogen) atoms. The molecule has 1 fully saturated rings. The molecule has 0 aliphatic carbocycles. The van der Waals surface area contributed by atoms with Crippen molar-refractivity contribution in [2.24, 2.45) is 0 Å². The lowest BCUT2D eigenvalue weighted by Crippen LogP contribution is -2.29. The molecule has 1 aromatic heterocycles. The third-order valence-corrected chi connectivity index (χ3v) is 3.56. The molecule has 0 bridgehead atoms. The van der Waals surface area contributed by atoms with Gasteiger partial charge >= 0.3 is 6.09 Å². The van der Waals surface area contributed by atoms with Crippen LogP contribution in [0.1, 0.15) is 30.3 Å². The van der Waals surface area contributed by atoms with Gasteiger partial charge in [-0.2, -0.15) is 0 Å². The number of carbonyl (C=O) groups is 1. The van der Waals surface area contributed by atoms with Gasteiger partial charge in [0.05, 0.1) is 23.7 Å². The van der Waals surface area contributed by atoms with Crippen molar-refractivity contribution in [1.29, 1.82) is 0 Å². The van der Waals surface area contributed by atoms with Crippen molar-refractivity contribution in [3.63, 3.8) is 0 Å². The average molecular weight is 261 g/mol. The SMILES string of the molecule is O=C(O)N1CCCC1c1nc2ccc(CO)cc2[nH]1. The van der Waals surface area contributed by atoms with Gasteiger partial charge < -0.3 is 15.2 Å². The minimum Gasteiger partial charge on any atom is -0.465 e. The van der Waals surface area contributed by atoms with Crippen LogP contribution in [0.3, 0.4) is 0 Å². The van der Waals surface area contributed by atoms with E-state index in [1.807, 2.05) is 18.2 Å². The first-order valence-corrected chi connectivity index (χ1v) is 6.28. The van der Waals surface area contributed by atoms with Crippen molar-refractivity contribution in [2.45, 2.75) is 25.5 Å². The van der Waals surface area contributed by atoms with Gasteiger partial charge in [0.1, 0.15) is 5.82 Å². The summed E-state index contributed by atoms with van der Waals surface area (Å²) in [6.07, 6.45) is 0.744. The number of benzene rings is 1. The number of aromatic amines is 1. The summed E-state index contributed by atoms with van der Waals surface area (Å²) in [4.78, 5) is 20.2. The van der Waals surface area contributed by atoms with Crippen LogP contribution < -0.4 is 0 Å². The number of hydrogen-bond donors (Lipinski definition) is 3. The number of hydrogen-bond acceptors (Lipinski definition) is 3. The predicted octanol–water partition coefficient (Wildman–Crippen LogP) is 1.87. The van der Waals surface area contributed by atoms with Crippen molar-refractivity contribution >= 4 is 17.1 Å². The molecule has 100 valence electrons. The van der Waals surface area contributed by atoms with E-state index in [1.165, 1.54) is 4.90 Å². The van der Waals surface area contributed by atoms with Crippen LogP contribution in [0, 0.1) is 0 Å². The number of likely N-dealkylation sites (tertiary alicyclic amines) is 1. The summed E-state index contributed by atoms with van der Waals surface area (Å²) in [7, 11) is 0. The van der Waals surface area contributed by atoms with Gasteiger partial charge in [-0.05, 0) is 30.5 Å². The van der Waals surface area contributed by atoms with E-state index in [0.717, 1.165) is 29.4 Å². The van der Waals surface area contributed by atoms with Crippen LogP contribution >= 0.6 is 0 Å². The molecule has 1 unspecified atom stereocenters. The highest BCUT2D eigenvalue weighted by Crippen LogP contribution is 2.31. The summed E-state index contributed by atoms with van der Waals surface area (Å²) in [5.74, 6) is 0.685. The number of carboxylic acid groups (broad SMARTS) is 1. The quantitative estimate of drug-likeness (QED) is 0.769. The van der Waals surface area contributed by atoms with Crippen LogP contribution in [-0.4, -0.2) is 37.7 Å². The zero-order valence-corrected chi connectivity index (χ0v) is 10.3. The Labute approximate surface area is 109 Å². The van der Waals surface area contributed by atoms with Crippen molar-refractivity contribution in [3.8, 4) is 0 Å². The van der Waals surface area contributed by atoms with Crippen molar-refractivity contribution < 1.29 is 15.0 Å². The number of amides is 1. The normalized spacial score (nSPS) is 19.2. The van der Waals surface area contributed by atoms with Crippen LogP contribution in [0.2, 0.25) is 0 Å². The second-order valence-corrected chi connectivity index (χ2v) is 4.77. The number of imidazole rings is 1. The number of aliphatic hydroxyl groups excluding tert-OH is 1. The van der Waals surface area contributed by atoms with E-state index in [1.54, 1.807) is 0 Å². The van der Waals surface area contributed by atoms with E-state index in [2.05, 4.69) is 9.97 Å². The molecule has 0 spiro atoms. The molecule has 1 aliphatic heterocycles. The van der Waals surface area contributed by atoms with Crippen molar-refractivity contribution in [1.82, 2.24) is 14.9 Å². The van der Waals surface area contributed by atoms with Crippen LogP contribution in [0.5, 0.6) is 0 Å². The molecule has 3 N–H and O–H groups in total. The highest BCUT2D eigenvalue weighted by Gasteiger charge is 2.31. The number of H-pyrrole nitrogens is 1. The molecule has 1 amide bonds. The molecule has 1 aliphatic rings. The van der Waals surface area contributed by atoms with E-state index in [0.29, 0.717) is 12.4 Å². The molecule has 0 radical (unpaired) electrons. The summed E-state index contributed by atoms with van der Waals surface area (Å²) >= 11 is 0. The molecule has 1 atom stereocenters. The lowest BCUT2D eigenvalue weighted by Gasteiger charge is -2.19. The molecule has 0 saturated carbocycles. The first-order chi connectivity index (χ1) is 9.19. The molecule has 2 aromatic rings. The second kappa shape index (κ2) is 4.55.